The van der Waals surface area contributed by atoms with Crippen molar-refractivity contribution < 1.29 is 0 Å². The van der Waals surface area contributed by atoms with Gasteiger partial charge >= 0.3 is 0 Å². The lowest BCUT2D eigenvalue weighted by Crippen LogP contribution is -2.30. The maximum atomic E-state index is 4.22. The van der Waals surface area contributed by atoms with Gasteiger partial charge in [0.2, 0.25) is 0 Å². The van der Waals surface area contributed by atoms with Gasteiger partial charge < -0.3 is 10.6 Å². The zero-order valence-electron chi connectivity index (χ0n) is 7.84. The Hall–Kier alpha value is -0.450. The minimum atomic E-state index is 0.655. The second kappa shape index (κ2) is 4.17. The second-order valence-corrected chi connectivity index (χ2v) is 4.74. The Morgan fingerprint density at radius 3 is 3.31 bits per heavy atom. The van der Waals surface area contributed by atoms with E-state index in [-0.39, 0.29) is 0 Å². The highest BCUT2D eigenvalue weighted by Gasteiger charge is 2.13. The molecule has 3 nitrogen and oxygen atoms in total. The highest BCUT2D eigenvalue weighted by Crippen LogP contribution is 2.11. The zero-order valence-corrected chi connectivity index (χ0v) is 8.66. The first-order valence-corrected chi connectivity index (χ1v) is 5.51. The fourth-order valence-corrected chi connectivity index (χ4v) is 2.31. The first kappa shape index (κ1) is 9.12. The minimum absolute atomic E-state index is 0.655. The number of thiazole rings is 1. The van der Waals surface area contributed by atoms with Crippen molar-refractivity contribution in [2.45, 2.75) is 25.9 Å². The summed E-state index contributed by atoms with van der Waals surface area (Å²) in [5, 5.41) is 8.01. The lowest BCUT2D eigenvalue weighted by Gasteiger charge is -2.08. The van der Waals surface area contributed by atoms with Crippen LogP contribution < -0.4 is 10.6 Å². The number of aryl methyl sites for hydroxylation is 1. The molecule has 0 radical (unpaired) electrons. The van der Waals surface area contributed by atoms with Crippen LogP contribution >= 0.6 is 11.3 Å². The molecule has 1 unspecified atom stereocenters. The SMILES string of the molecule is Cc1ncc(CNC2CCNC2)s1. The summed E-state index contributed by atoms with van der Waals surface area (Å²) in [5.74, 6) is 0. The predicted molar refractivity (Wildman–Crippen MR) is 55.0 cm³/mol. The molecule has 4 heteroatoms. The van der Waals surface area contributed by atoms with Crippen LogP contribution in [0.4, 0.5) is 0 Å². The molecule has 0 aliphatic carbocycles. The molecule has 1 saturated heterocycles. The number of hydrogen-bond acceptors (Lipinski definition) is 4. The van der Waals surface area contributed by atoms with Crippen LogP contribution in [0.5, 0.6) is 0 Å². The smallest absolute Gasteiger partial charge is 0.0897 e. The third-order valence-electron chi connectivity index (χ3n) is 2.29. The Bertz CT molecular complexity index is 266. The Labute approximate surface area is 82.6 Å². The fraction of sp³-hybridized carbons (Fsp3) is 0.667. The van der Waals surface area contributed by atoms with E-state index in [9.17, 15) is 0 Å². The van der Waals surface area contributed by atoms with Gasteiger partial charge in [-0.15, -0.1) is 11.3 Å². The summed E-state index contributed by atoms with van der Waals surface area (Å²) in [6.45, 7) is 5.28. The Kier molecular flexibility index (Phi) is 2.93. The number of hydrogen-bond donors (Lipinski definition) is 2. The van der Waals surface area contributed by atoms with Crippen molar-refractivity contribution in [2.75, 3.05) is 13.1 Å². The van der Waals surface area contributed by atoms with E-state index in [0.29, 0.717) is 6.04 Å². The Balaban J connectivity index is 1.78. The van der Waals surface area contributed by atoms with Gasteiger partial charge in [0.25, 0.3) is 0 Å². The van der Waals surface area contributed by atoms with Crippen LogP contribution in [0.2, 0.25) is 0 Å². The minimum Gasteiger partial charge on any atom is -0.315 e. The van der Waals surface area contributed by atoms with E-state index in [2.05, 4.69) is 15.6 Å². The van der Waals surface area contributed by atoms with Gasteiger partial charge in [-0.3, -0.25) is 0 Å². The summed E-state index contributed by atoms with van der Waals surface area (Å²) >= 11 is 1.78. The summed E-state index contributed by atoms with van der Waals surface area (Å²) in [6, 6.07) is 0.655. The quantitative estimate of drug-likeness (QED) is 0.756. The monoisotopic (exact) mass is 197 g/mol. The van der Waals surface area contributed by atoms with Crippen LogP contribution in [-0.2, 0) is 6.54 Å². The van der Waals surface area contributed by atoms with E-state index in [0.717, 1.165) is 24.6 Å². The molecule has 13 heavy (non-hydrogen) atoms. The molecule has 0 amide bonds. The van der Waals surface area contributed by atoms with Crippen molar-refractivity contribution >= 4 is 11.3 Å². The summed E-state index contributed by atoms with van der Waals surface area (Å²) in [7, 11) is 0. The number of aromatic nitrogens is 1. The second-order valence-electron chi connectivity index (χ2n) is 3.42. The highest BCUT2D eigenvalue weighted by atomic mass is 32.1. The molecule has 1 atom stereocenters. The summed E-state index contributed by atoms with van der Waals surface area (Å²) in [6.07, 6.45) is 3.22. The summed E-state index contributed by atoms with van der Waals surface area (Å²) < 4.78 is 0. The number of rotatable bonds is 3. The van der Waals surface area contributed by atoms with Gasteiger partial charge in [-0.05, 0) is 19.9 Å². The molecule has 0 spiro atoms. The molecule has 1 aromatic heterocycles. The van der Waals surface area contributed by atoms with Crippen molar-refractivity contribution in [3.05, 3.63) is 16.1 Å². The topological polar surface area (TPSA) is 37.0 Å². The molecule has 0 bridgehead atoms. The fourth-order valence-electron chi connectivity index (χ4n) is 1.56. The Morgan fingerprint density at radius 2 is 2.69 bits per heavy atom. The molecule has 0 saturated carbocycles. The zero-order chi connectivity index (χ0) is 9.10. The molecule has 2 N–H and O–H groups in total. The molecule has 1 aliphatic rings. The van der Waals surface area contributed by atoms with Gasteiger partial charge in [0.15, 0.2) is 0 Å². The highest BCUT2D eigenvalue weighted by molar-refractivity contribution is 7.11. The molecule has 1 fully saturated rings. The van der Waals surface area contributed by atoms with Crippen molar-refractivity contribution in [3.8, 4) is 0 Å². The van der Waals surface area contributed by atoms with Crippen molar-refractivity contribution in [1.82, 2.24) is 15.6 Å². The van der Waals surface area contributed by atoms with Gasteiger partial charge in [0, 0.05) is 30.2 Å². The van der Waals surface area contributed by atoms with Gasteiger partial charge in [0.05, 0.1) is 5.01 Å². The predicted octanol–water partition coefficient (Wildman–Crippen LogP) is 0.903. The molecule has 1 aromatic rings. The summed E-state index contributed by atoms with van der Waals surface area (Å²) in [5.41, 5.74) is 0. The Morgan fingerprint density at radius 1 is 1.77 bits per heavy atom. The third-order valence-corrected chi connectivity index (χ3v) is 3.21. The standard InChI is InChI=1S/C9H15N3S/c1-7-11-5-9(13-7)6-12-8-2-3-10-4-8/h5,8,10,12H,2-4,6H2,1H3. The van der Waals surface area contributed by atoms with Crippen molar-refractivity contribution in [2.24, 2.45) is 0 Å². The van der Waals surface area contributed by atoms with Gasteiger partial charge in [-0.1, -0.05) is 0 Å². The van der Waals surface area contributed by atoms with Gasteiger partial charge in [-0.2, -0.15) is 0 Å². The van der Waals surface area contributed by atoms with Crippen molar-refractivity contribution in [1.29, 1.82) is 0 Å². The molecule has 1 aliphatic heterocycles. The van der Waals surface area contributed by atoms with Crippen LogP contribution in [-0.4, -0.2) is 24.1 Å². The molecule has 2 rings (SSSR count). The maximum Gasteiger partial charge on any atom is 0.0897 e. The van der Waals surface area contributed by atoms with Crippen LogP contribution in [0.3, 0.4) is 0 Å². The van der Waals surface area contributed by atoms with Crippen LogP contribution in [0.15, 0.2) is 6.20 Å². The van der Waals surface area contributed by atoms with E-state index < -0.39 is 0 Å². The van der Waals surface area contributed by atoms with E-state index >= 15 is 0 Å². The molecule has 0 aromatic carbocycles. The van der Waals surface area contributed by atoms with E-state index in [1.165, 1.54) is 11.3 Å². The molecule has 72 valence electrons. The third kappa shape index (κ3) is 2.49. The van der Waals surface area contributed by atoms with Crippen LogP contribution in [0.1, 0.15) is 16.3 Å². The largest absolute Gasteiger partial charge is 0.315 e. The van der Waals surface area contributed by atoms with Crippen LogP contribution in [0, 0.1) is 6.92 Å². The number of nitrogens with zero attached hydrogens (tertiary/aromatic N) is 1. The van der Waals surface area contributed by atoms with Crippen LogP contribution in [0.25, 0.3) is 0 Å². The molecular formula is C9H15N3S. The lowest BCUT2D eigenvalue weighted by molar-refractivity contribution is 0.550. The van der Waals surface area contributed by atoms with E-state index in [1.807, 2.05) is 13.1 Å². The average Bonchev–Trinajstić information content (AvgIpc) is 2.71. The first-order chi connectivity index (χ1) is 6.34. The van der Waals surface area contributed by atoms with E-state index in [4.69, 9.17) is 0 Å². The van der Waals surface area contributed by atoms with E-state index in [1.54, 1.807) is 11.3 Å². The van der Waals surface area contributed by atoms with Gasteiger partial charge in [-0.25, -0.2) is 4.98 Å². The maximum absolute atomic E-state index is 4.22. The first-order valence-electron chi connectivity index (χ1n) is 4.70. The van der Waals surface area contributed by atoms with Crippen molar-refractivity contribution in [3.63, 3.8) is 0 Å². The molecule has 2 heterocycles. The lowest BCUT2D eigenvalue weighted by atomic mass is 10.2. The summed E-state index contributed by atoms with van der Waals surface area (Å²) in [4.78, 5) is 5.56. The normalized spacial score (nSPS) is 22.4. The van der Waals surface area contributed by atoms with Gasteiger partial charge in [0.1, 0.15) is 0 Å². The number of nitrogens with one attached hydrogen (secondary N) is 2. The average molecular weight is 197 g/mol. The molecular weight excluding hydrogens is 182 g/mol.